The van der Waals surface area contributed by atoms with Crippen molar-refractivity contribution >= 4 is 45.7 Å². The molecule has 5 heterocycles. The first-order valence-corrected chi connectivity index (χ1v) is 22.2. The van der Waals surface area contributed by atoms with E-state index in [0.29, 0.717) is 49.6 Å². The van der Waals surface area contributed by atoms with Gasteiger partial charge in [0.1, 0.15) is 35.8 Å². The van der Waals surface area contributed by atoms with Crippen LogP contribution in [0.4, 0.5) is 0 Å². The van der Waals surface area contributed by atoms with E-state index in [0.717, 1.165) is 50.7 Å². The molecule has 0 radical (unpaired) electrons. The zero-order valence-electron chi connectivity index (χ0n) is 31.1. The molecular formula is C39H58N4O7S2+2. The van der Waals surface area contributed by atoms with Crippen LogP contribution in [0.1, 0.15) is 78.6 Å². The Hall–Kier alpha value is -1.90. The van der Waals surface area contributed by atoms with E-state index < -0.39 is 11.2 Å². The number of hydrogen-bond acceptors (Lipinski definition) is 10. The topological polar surface area (TPSA) is 158 Å². The number of amides is 1. The zero-order chi connectivity index (χ0) is 36.5. The van der Waals surface area contributed by atoms with Gasteiger partial charge >= 0.3 is 11.9 Å². The number of piperidine rings is 1. The van der Waals surface area contributed by atoms with Gasteiger partial charge in [-0.15, -0.1) is 0 Å². The molecule has 0 aromatic rings. The number of fused-ring (bicyclic) bond motifs is 6. The van der Waals surface area contributed by atoms with Crippen molar-refractivity contribution in [1.29, 1.82) is 0 Å². The lowest BCUT2D eigenvalue weighted by molar-refractivity contribution is -0.706. The monoisotopic (exact) mass is 758 g/mol. The third kappa shape index (κ3) is 6.11. The zero-order valence-corrected chi connectivity index (χ0v) is 32.7. The molecule has 0 bridgehead atoms. The Morgan fingerprint density at radius 3 is 2.75 bits per heavy atom. The number of quaternary nitrogens is 2. The number of carbonyl (C=O) groups excluding carboxylic acids is 4. The molecule has 6 N–H and O–H groups in total. The van der Waals surface area contributed by atoms with Crippen molar-refractivity contribution in [2.75, 3.05) is 25.9 Å². The molecule has 15 atom stereocenters. The predicted octanol–water partition coefficient (Wildman–Crippen LogP) is 1.71. The Balaban J connectivity index is 1.19. The van der Waals surface area contributed by atoms with Gasteiger partial charge in [-0.2, -0.15) is 0 Å². The van der Waals surface area contributed by atoms with E-state index in [2.05, 4.69) is 35.6 Å². The molecule has 8 rings (SSSR count). The molecule has 7 fully saturated rings. The molecule has 5 aliphatic heterocycles. The van der Waals surface area contributed by atoms with Crippen LogP contribution < -0.4 is 16.4 Å². The molecule has 286 valence electrons. The summed E-state index contributed by atoms with van der Waals surface area (Å²) in [5.74, 6) is 1.40. The van der Waals surface area contributed by atoms with Gasteiger partial charge in [0.05, 0.1) is 37.6 Å². The van der Waals surface area contributed by atoms with Crippen LogP contribution >= 0.6 is 21.6 Å². The minimum Gasteiger partial charge on any atom is -0.462 e. The second-order valence-electron chi connectivity index (χ2n) is 17.4. The van der Waals surface area contributed by atoms with Gasteiger partial charge in [-0.1, -0.05) is 39.3 Å². The van der Waals surface area contributed by atoms with Crippen LogP contribution in [-0.4, -0.2) is 102 Å². The summed E-state index contributed by atoms with van der Waals surface area (Å²) in [6.45, 7) is 7.20. The molecule has 0 aromatic carbocycles. The minimum absolute atomic E-state index is 0.0209. The summed E-state index contributed by atoms with van der Waals surface area (Å²) in [6.07, 6.45) is 11.0. The van der Waals surface area contributed by atoms with Crippen molar-refractivity contribution < 1.29 is 44.0 Å². The number of allylic oxidation sites excluding steroid dienone is 1. The van der Waals surface area contributed by atoms with E-state index in [1.165, 1.54) is 5.57 Å². The van der Waals surface area contributed by atoms with Gasteiger partial charge in [0.15, 0.2) is 0 Å². The first kappa shape index (κ1) is 37.0. The van der Waals surface area contributed by atoms with Crippen LogP contribution in [0.3, 0.4) is 0 Å². The summed E-state index contributed by atoms with van der Waals surface area (Å²) in [6, 6.07) is 0.358. The van der Waals surface area contributed by atoms with Crippen molar-refractivity contribution in [3.05, 3.63) is 23.3 Å². The standard InChI is InChI=1S/C39H56N4O7S2/c1-5-20(2)37(47)50-38(3)9-8-22-19-51-52-30-11-25(18-44)35(41-4)27-17-43(36(27)30)32(45)12-24-16-42-31(40)13-26(24)34(22)39(38)15-23-10-21-6-7-33(46)48-28(21)14-29(23)49-39/h5,8,18,21,23-31,34-36,41-42H,6-7,9-17,19,40H2,1-4H3/p+2. The van der Waals surface area contributed by atoms with E-state index >= 15 is 0 Å². The molecule has 5 saturated heterocycles. The Morgan fingerprint density at radius 1 is 1.15 bits per heavy atom. The van der Waals surface area contributed by atoms with Crippen molar-refractivity contribution in [2.24, 2.45) is 47.2 Å². The fourth-order valence-corrected chi connectivity index (χ4v) is 15.2. The molecule has 11 nitrogen and oxygen atoms in total. The van der Waals surface area contributed by atoms with Gasteiger partial charge in [-0.05, 0) is 64.2 Å². The smallest absolute Gasteiger partial charge is 0.334 e. The number of nitrogens with zero attached hydrogens (tertiary/aromatic N) is 1. The molecule has 8 aliphatic rings. The van der Waals surface area contributed by atoms with E-state index in [1.807, 2.05) is 28.5 Å². The fourth-order valence-electron chi connectivity index (χ4n) is 12.0. The van der Waals surface area contributed by atoms with Gasteiger partial charge in [-0.25, -0.2) is 4.79 Å². The molecule has 15 unspecified atom stereocenters. The summed E-state index contributed by atoms with van der Waals surface area (Å²) >= 11 is 0. The summed E-state index contributed by atoms with van der Waals surface area (Å²) < 4.78 is 20.1. The van der Waals surface area contributed by atoms with Crippen LogP contribution in [0.2, 0.25) is 0 Å². The van der Waals surface area contributed by atoms with Crippen LogP contribution in [0.25, 0.3) is 0 Å². The van der Waals surface area contributed by atoms with Gasteiger partial charge < -0.3 is 34.5 Å². The Kier molecular flexibility index (Phi) is 10.2. The molecule has 0 aromatic heterocycles. The number of esters is 2. The fraction of sp³-hybridized carbons (Fsp3) is 0.795. The first-order chi connectivity index (χ1) is 25.0. The van der Waals surface area contributed by atoms with Gasteiger partial charge in [0.2, 0.25) is 5.91 Å². The number of hydrogen-bond donors (Lipinski definition) is 3. The van der Waals surface area contributed by atoms with Crippen molar-refractivity contribution in [2.45, 2.75) is 125 Å². The SMILES string of the molecule is CC=C(C)C(=O)OC1(C)CC=C2CSSC3CC(C=O)C([NH2+]C)C4CN(C(=O)CC5C[NH2+]C(N)CC5C2C12CC1CC5CCC(=O)OC5CC1O2)C34. The highest BCUT2D eigenvalue weighted by molar-refractivity contribution is 8.77. The summed E-state index contributed by atoms with van der Waals surface area (Å²) in [5, 5.41) is 4.58. The molecular weight excluding hydrogens is 701 g/mol. The molecule has 2 saturated carbocycles. The highest BCUT2D eigenvalue weighted by Gasteiger charge is 2.68. The van der Waals surface area contributed by atoms with E-state index in [1.54, 1.807) is 13.0 Å². The lowest BCUT2D eigenvalue weighted by atomic mass is 9.56. The quantitative estimate of drug-likeness (QED) is 0.127. The molecule has 52 heavy (non-hydrogen) atoms. The van der Waals surface area contributed by atoms with Crippen LogP contribution in [0.5, 0.6) is 0 Å². The van der Waals surface area contributed by atoms with Crippen LogP contribution in [-0.2, 0) is 33.4 Å². The lowest BCUT2D eigenvalue weighted by Gasteiger charge is -2.58. The maximum Gasteiger partial charge on any atom is 0.334 e. The highest BCUT2D eigenvalue weighted by atomic mass is 33.1. The third-order valence-corrected chi connectivity index (χ3v) is 17.6. The van der Waals surface area contributed by atoms with Crippen molar-refractivity contribution in [3.63, 3.8) is 0 Å². The number of ether oxygens (including phenoxy) is 3. The Bertz CT molecular complexity index is 1530. The maximum atomic E-state index is 14.5. The third-order valence-electron chi connectivity index (χ3n) is 14.8. The summed E-state index contributed by atoms with van der Waals surface area (Å²) in [7, 11) is 5.76. The van der Waals surface area contributed by atoms with E-state index in [9.17, 15) is 19.2 Å². The van der Waals surface area contributed by atoms with Crippen LogP contribution in [0.15, 0.2) is 23.3 Å². The minimum atomic E-state index is -0.960. The van der Waals surface area contributed by atoms with E-state index in [4.69, 9.17) is 19.9 Å². The van der Waals surface area contributed by atoms with Crippen molar-refractivity contribution in [1.82, 2.24) is 4.90 Å². The molecule has 3 aliphatic carbocycles. The average Bonchev–Trinajstić information content (AvgIpc) is 3.48. The Morgan fingerprint density at radius 2 is 1.98 bits per heavy atom. The molecule has 1 spiro atoms. The van der Waals surface area contributed by atoms with Gasteiger partial charge in [0, 0.05) is 67.1 Å². The lowest BCUT2D eigenvalue weighted by Crippen LogP contribution is -2.96. The Labute approximate surface area is 315 Å². The summed E-state index contributed by atoms with van der Waals surface area (Å²) in [4.78, 5) is 55.0. The number of carbonyl (C=O) groups is 4. The van der Waals surface area contributed by atoms with E-state index in [-0.39, 0.29) is 83.1 Å². The second kappa shape index (κ2) is 14.3. The largest absolute Gasteiger partial charge is 0.462 e. The van der Waals surface area contributed by atoms with Crippen LogP contribution in [0, 0.1) is 41.4 Å². The van der Waals surface area contributed by atoms with Crippen molar-refractivity contribution in [3.8, 4) is 0 Å². The predicted molar refractivity (Wildman–Crippen MR) is 197 cm³/mol. The number of aldehydes is 1. The normalized spacial score (nSPS) is 47.5. The number of rotatable bonds is 4. The highest BCUT2D eigenvalue weighted by Crippen LogP contribution is 2.62. The van der Waals surface area contributed by atoms with Gasteiger partial charge in [-0.3, -0.25) is 15.3 Å². The second-order valence-corrected chi connectivity index (χ2v) is 20.0. The number of nitrogens with two attached hydrogens (primary N) is 3. The first-order valence-electron chi connectivity index (χ1n) is 19.8. The molecule has 1 amide bonds. The molecule has 13 heteroatoms. The maximum absolute atomic E-state index is 14.5. The summed E-state index contributed by atoms with van der Waals surface area (Å²) in [5.41, 5.74) is 6.87. The van der Waals surface area contributed by atoms with Gasteiger partial charge in [0.25, 0.3) is 0 Å². The average molecular weight is 759 g/mol.